The summed E-state index contributed by atoms with van der Waals surface area (Å²) in [6.45, 7) is 1.96. The van der Waals surface area contributed by atoms with Gasteiger partial charge >= 0.3 is 0 Å². The highest BCUT2D eigenvalue weighted by Crippen LogP contribution is 2.39. The maximum Gasteiger partial charge on any atom is 0.240 e. The average Bonchev–Trinajstić information content (AvgIpc) is 3.11. The minimum atomic E-state index is -0.0244. The van der Waals surface area contributed by atoms with Gasteiger partial charge in [0, 0.05) is 23.4 Å². The van der Waals surface area contributed by atoms with Gasteiger partial charge in [0.15, 0.2) is 10.8 Å². The molecule has 2 bridgehead atoms. The van der Waals surface area contributed by atoms with Crippen LogP contribution in [0.5, 0.6) is 0 Å². The summed E-state index contributed by atoms with van der Waals surface area (Å²) in [5, 5.41) is 17.7. The molecule has 1 aromatic carbocycles. The Kier molecular flexibility index (Phi) is 4.64. The van der Waals surface area contributed by atoms with E-state index in [2.05, 4.69) is 37.5 Å². The summed E-state index contributed by atoms with van der Waals surface area (Å²) in [6, 6.07) is 10.5. The first-order valence-corrected chi connectivity index (χ1v) is 12.8. The molecule has 11 heteroatoms. The normalized spacial score (nSPS) is 22.5. The van der Waals surface area contributed by atoms with Gasteiger partial charge in [-0.2, -0.15) is 9.61 Å². The van der Waals surface area contributed by atoms with E-state index in [4.69, 9.17) is 9.84 Å². The first-order valence-electron chi connectivity index (χ1n) is 11.1. The fourth-order valence-corrected chi connectivity index (χ4v) is 6.41. The van der Waals surface area contributed by atoms with E-state index < -0.39 is 0 Å². The Balaban J connectivity index is 1.07. The standard InChI is InChI=1S/C22H21N7O2S2/c30-20(10-28-9-14-7-13(28)11-31-14)24-21-23-17-4-3-15(8-18(17)33-21)32-22-26-25-19-6-5-16(12-1-2-12)27-29(19)22/h3-6,8,12-14H,1-2,7,9-11H2,(H,23,24,30). The number of carbonyl (C=O) groups is 1. The van der Waals surface area contributed by atoms with Gasteiger partial charge in [0.1, 0.15) is 0 Å². The molecule has 9 nitrogen and oxygen atoms in total. The zero-order valence-electron chi connectivity index (χ0n) is 17.7. The quantitative estimate of drug-likeness (QED) is 0.450. The maximum absolute atomic E-state index is 12.5. The smallest absolute Gasteiger partial charge is 0.240 e. The molecule has 0 radical (unpaired) electrons. The molecule has 1 amide bonds. The molecule has 4 aromatic rings. The number of thiazole rings is 1. The number of likely N-dealkylation sites (tertiary alicyclic amines) is 1. The van der Waals surface area contributed by atoms with E-state index in [1.54, 1.807) is 0 Å². The van der Waals surface area contributed by atoms with Crippen LogP contribution in [0.4, 0.5) is 5.13 Å². The first-order chi connectivity index (χ1) is 16.2. The number of benzene rings is 1. The summed E-state index contributed by atoms with van der Waals surface area (Å²) < 4.78 is 8.46. The molecule has 1 aliphatic carbocycles. The largest absolute Gasteiger partial charge is 0.375 e. The zero-order valence-corrected chi connectivity index (χ0v) is 19.3. The molecular formula is C22H21N7O2S2. The highest BCUT2D eigenvalue weighted by Gasteiger charge is 2.39. The summed E-state index contributed by atoms with van der Waals surface area (Å²) in [6.07, 6.45) is 3.74. The molecule has 2 atom stereocenters. The van der Waals surface area contributed by atoms with Crippen LogP contribution in [0.25, 0.3) is 15.9 Å². The minimum Gasteiger partial charge on any atom is -0.375 e. The number of anilines is 1. The van der Waals surface area contributed by atoms with Crippen molar-refractivity contribution < 1.29 is 9.53 Å². The second-order valence-corrected chi connectivity index (χ2v) is 10.9. The molecule has 3 fully saturated rings. The van der Waals surface area contributed by atoms with Crippen LogP contribution in [0.3, 0.4) is 0 Å². The zero-order chi connectivity index (χ0) is 21.9. The highest BCUT2D eigenvalue weighted by atomic mass is 32.2. The summed E-state index contributed by atoms with van der Waals surface area (Å²) in [7, 11) is 0. The topological polar surface area (TPSA) is 97.5 Å². The van der Waals surface area contributed by atoms with Gasteiger partial charge < -0.3 is 10.1 Å². The molecule has 5 heterocycles. The number of morpholine rings is 1. The fourth-order valence-electron chi connectivity index (χ4n) is 4.59. The number of fused-ring (bicyclic) bond motifs is 4. The van der Waals surface area contributed by atoms with E-state index in [1.807, 2.05) is 22.7 Å². The van der Waals surface area contributed by atoms with E-state index in [9.17, 15) is 4.79 Å². The maximum atomic E-state index is 12.5. The number of carbonyl (C=O) groups excluding carboxylic acids is 1. The molecule has 3 aromatic heterocycles. The first kappa shape index (κ1) is 19.8. The number of ether oxygens (including phenoxy) is 1. The lowest BCUT2D eigenvalue weighted by atomic mass is 10.2. The van der Waals surface area contributed by atoms with Crippen molar-refractivity contribution in [2.75, 3.05) is 25.0 Å². The Hall–Kier alpha value is -2.60. The third-order valence-electron chi connectivity index (χ3n) is 6.43. The number of amides is 1. The van der Waals surface area contributed by atoms with Gasteiger partial charge in [-0.15, -0.1) is 10.2 Å². The Morgan fingerprint density at radius 2 is 2.18 bits per heavy atom. The van der Waals surface area contributed by atoms with Gasteiger partial charge in [0.25, 0.3) is 0 Å². The van der Waals surface area contributed by atoms with Gasteiger partial charge in [-0.1, -0.05) is 11.3 Å². The minimum absolute atomic E-state index is 0.0244. The monoisotopic (exact) mass is 479 g/mol. The van der Waals surface area contributed by atoms with Gasteiger partial charge in [-0.25, -0.2) is 4.98 Å². The molecule has 3 aliphatic rings. The molecule has 2 unspecified atom stereocenters. The lowest BCUT2D eigenvalue weighted by molar-refractivity contribution is -0.118. The Bertz CT molecular complexity index is 1380. The molecule has 33 heavy (non-hydrogen) atoms. The lowest BCUT2D eigenvalue weighted by Crippen LogP contribution is -2.41. The Labute approximate surface area is 197 Å². The van der Waals surface area contributed by atoms with Crippen LogP contribution < -0.4 is 5.32 Å². The van der Waals surface area contributed by atoms with Gasteiger partial charge in [-0.05, 0) is 61.4 Å². The second kappa shape index (κ2) is 7.73. The van der Waals surface area contributed by atoms with Crippen LogP contribution in [-0.4, -0.2) is 67.4 Å². The molecule has 1 saturated carbocycles. The number of nitrogens with zero attached hydrogens (tertiary/aromatic N) is 6. The SMILES string of the molecule is O=C(CN1CC2CC1CO2)Nc1nc2ccc(Sc3nnc4ccc(C5CC5)nn34)cc2s1. The van der Waals surface area contributed by atoms with Crippen molar-refractivity contribution in [1.29, 1.82) is 0 Å². The van der Waals surface area contributed by atoms with Gasteiger partial charge in [0.05, 0.1) is 35.2 Å². The summed E-state index contributed by atoms with van der Waals surface area (Å²) in [5.41, 5.74) is 2.73. The predicted molar refractivity (Wildman–Crippen MR) is 125 cm³/mol. The van der Waals surface area contributed by atoms with Crippen molar-refractivity contribution in [3.05, 3.63) is 36.0 Å². The van der Waals surface area contributed by atoms with Crippen LogP contribution in [0.2, 0.25) is 0 Å². The van der Waals surface area contributed by atoms with E-state index in [0.29, 0.717) is 29.7 Å². The van der Waals surface area contributed by atoms with E-state index >= 15 is 0 Å². The number of hydrogen-bond donors (Lipinski definition) is 1. The van der Waals surface area contributed by atoms with Crippen LogP contribution in [0.1, 0.15) is 30.9 Å². The van der Waals surface area contributed by atoms with Crippen molar-refractivity contribution in [2.24, 2.45) is 0 Å². The molecule has 0 spiro atoms. The second-order valence-electron chi connectivity index (χ2n) is 8.86. The summed E-state index contributed by atoms with van der Waals surface area (Å²) in [4.78, 5) is 20.4. The third kappa shape index (κ3) is 3.78. The number of rotatable bonds is 6. The van der Waals surface area contributed by atoms with Crippen molar-refractivity contribution in [3.8, 4) is 0 Å². The summed E-state index contributed by atoms with van der Waals surface area (Å²) in [5.74, 6) is 0.550. The number of aromatic nitrogens is 5. The summed E-state index contributed by atoms with van der Waals surface area (Å²) >= 11 is 3.02. The lowest BCUT2D eigenvalue weighted by Gasteiger charge is -2.25. The molecule has 2 aliphatic heterocycles. The van der Waals surface area contributed by atoms with Crippen molar-refractivity contribution >= 4 is 50.0 Å². The number of hydrogen-bond acceptors (Lipinski definition) is 9. The molecular weight excluding hydrogens is 458 g/mol. The van der Waals surface area contributed by atoms with E-state index in [0.717, 1.165) is 51.2 Å². The van der Waals surface area contributed by atoms with Gasteiger partial charge in [0.2, 0.25) is 11.1 Å². The Morgan fingerprint density at radius 3 is 3.00 bits per heavy atom. The molecule has 1 N–H and O–H groups in total. The van der Waals surface area contributed by atoms with Crippen molar-refractivity contribution in [1.82, 2.24) is 29.7 Å². The third-order valence-corrected chi connectivity index (χ3v) is 8.29. The highest BCUT2D eigenvalue weighted by molar-refractivity contribution is 7.99. The number of nitrogens with one attached hydrogen (secondary N) is 1. The molecule has 7 rings (SSSR count). The van der Waals surface area contributed by atoms with E-state index in [1.165, 1.54) is 35.9 Å². The predicted octanol–water partition coefficient (Wildman–Crippen LogP) is 3.17. The van der Waals surface area contributed by atoms with E-state index in [-0.39, 0.29) is 5.91 Å². The average molecular weight is 480 g/mol. The van der Waals surface area contributed by atoms with Crippen molar-refractivity contribution in [2.45, 2.75) is 47.4 Å². The van der Waals surface area contributed by atoms with Crippen molar-refractivity contribution in [3.63, 3.8) is 0 Å². The van der Waals surface area contributed by atoms with Crippen LogP contribution >= 0.6 is 23.1 Å². The van der Waals surface area contributed by atoms with Crippen LogP contribution in [0, 0.1) is 0 Å². The van der Waals surface area contributed by atoms with Crippen LogP contribution in [-0.2, 0) is 9.53 Å². The molecule has 168 valence electrons. The fraction of sp³-hybridized carbons (Fsp3) is 0.409. The Morgan fingerprint density at radius 1 is 1.24 bits per heavy atom. The van der Waals surface area contributed by atoms with Crippen LogP contribution in [0.15, 0.2) is 40.4 Å². The molecule has 2 saturated heterocycles. The van der Waals surface area contributed by atoms with Gasteiger partial charge in [-0.3, -0.25) is 9.69 Å².